The van der Waals surface area contributed by atoms with Gasteiger partial charge in [0.1, 0.15) is 40.9 Å². The number of benzene rings is 11. The first-order valence-corrected chi connectivity index (χ1v) is 34.2. The lowest BCUT2D eigenvalue weighted by atomic mass is 10.1. The van der Waals surface area contributed by atoms with E-state index in [4.69, 9.17) is 39.4 Å². The molecule has 0 unspecified atom stereocenters. The molecule has 0 fully saturated rings. The number of aliphatic carboxylic acids is 1. The van der Waals surface area contributed by atoms with Crippen LogP contribution in [0.15, 0.2) is 290 Å². The predicted molar refractivity (Wildman–Crippen MR) is 410 cm³/mol. The number of para-hydroxylation sites is 4. The zero-order valence-electron chi connectivity index (χ0n) is 58.2. The van der Waals surface area contributed by atoms with E-state index in [0.717, 1.165) is 85.6 Å². The number of furan rings is 1. The molecule has 0 saturated carbocycles. The Morgan fingerprint density at radius 2 is 0.808 bits per heavy atom. The second-order valence-electron chi connectivity index (χ2n) is 25.4. The van der Waals surface area contributed by atoms with Gasteiger partial charge in [-0.15, -0.1) is 0 Å². The normalized spacial score (nSPS) is 11.0. The third-order valence-corrected chi connectivity index (χ3v) is 17.8. The number of carboxylic acids is 1. The number of nitrogens with zero attached hydrogens (tertiary/aromatic N) is 9. The fourth-order valence-corrected chi connectivity index (χ4v) is 12.2. The minimum Gasteiger partial charge on any atom is -0.497 e. The van der Waals surface area contributed by atoms with Gasteiger partial charge in [0.05, 0.1) is 72.3 Å². The molecule has 17 nitrogen and oxygen atoms in total. The van der Waals surface area contributed by atoms with Gasteiger partial charge in [0.25, 0.3) is 5.69 Å². The van der Waals surface area contributed by atoms with Crippen molar-refractivity contribution >= 4 is 61.2 Å². The lowest BCUT2D eigenvalue weighted by Crippen LogP contribution is -2.07. The molecule has 0 amide bonds. The molecule has 16 aromatic rings. The highest BCUT2D eigenvalue weighted by Gasteiger charge is 2.20. The second-order valence-corrected chi connectivity index (χ2v) is 25.4. The molecule has 516 valence electrons. The molecule has 0 bridgehead atoms. The first-order chi connectivity index (χ1) is 50.7. The number of fused-ring (bicyclic) bond motifs is 4. The number of ether oxygens (including phenoxy) is 2. The highest BCUT2D eigenvalue weighted by atomic mass is 16.6. The number of nitro groups is 1. The molecule has 0 aliphatic heterocycles. The first kappa shape index (κ1) is 69.2. The van der Waals surface area contributed by atoms with Gasteiger partial charge in [-0.3, -0.25) is 33.7 Å². The summed E-state index contributed by atoms with van der Waals surface area (Å²) in [6.07, 6.45) is -0.426. The number of hydrogen-bond acceptors (Lipinski definition) is 11. The monoisotopic (exact) mass is 1370 g/mol. The zero-order chi connectivity index (χ0) is 72.1. The fourth-order valence-electron chi connectivity index (χ4n) is 12.2. The maximum absolute atomic E-state index is 11.6. The van der Waals surface area contributed by atoms with Gasteiger partial charge in [0.2, 0.25) is 0 Å². The summed E-state index contributed by atoms with van der Waals surface area (Å²) >= 11 is 0. The molecule has 0 radical (unpaired) electrons. The largest absolute Gasteiger partial charge is 0.497 e. The third kappa shape index (κ3) is 16.4. The van der Waals surface area contributed by atoms with Gasteiger partial charge in [-0.2, -0.15) is 20.4 Å². The van der Waals surface area contributed by atoms with E-state index < -0.39 is 16.9 Å². The van der Waals surface area contributed by atoms with Crippen LogP contribution in [0.25, 0.3) is 94.5 Å². The third-order valence-electron chi connectivity index (χ3n) is 17.8. The highest BCUT2D eigenvalue weighted by molar-refractivity contribution is 5.96. The zero-order valence-corrected chi connectivity index (χ0v) is 58.2. The second kappa shape index (κ2) is 31.9. The number of non-ortho nitro benzene ring substituents is 1. The molecular weight excluding hydrogens is 1300 g/mol. The standard InChI is InChI=1S/C23H20N2O5.C22H20N2O.C22H20N2.C20H15N3O2/c26-21(27)12-13-22(28)29-15-17-10-11-20(30-17)23-18-8-4-5-9-19(18)25(24-23)14-16-6-2-1-3-7-16;1-16-7-11-18(12-8-16)22-20-5-3-4-6-21(20)24(23-22)15-17-9-13-19(25-2)14-10-17;1-16-7-11-18(12-8-16)15-24-21-6-4-3-5-20(21)22(23-24)19-13-9-17(2)10-14-19;1-14-6-8-15(9-7-14)20-18-4-2-3-5-19(18)22(21-20)16-10-12-17(13-11-16)23(24)25/h1-11H,12-15H2,(H,26,27);3-14H,15H2,1-2H3;3-14H,15H2,1-2H3;2-13H,1H3. The molecule has 5 aromatic heterocycles. The van der Waals surface area contributed by atoms with Crippen molar-refractivity contribution < 1.29 is 33.5 Å². The minimum absolute atomic E-state index is 0.0545. The van der Waals surface area contributed by atoms with Gasteiger partial charge in [-0.05, 0) is 105 Å². The summed E-state index contributed by atoms with van der Waals surface area (Å²) < 4.78 is 24.1. The molecule has 0 aliphatic rings. The van der Waals surface area contributed by atoms with Gasteiger partial charge in [0.15, 0.2) is 5.76 Å². The van der Waals surface area contributed by atoms with Crippen LogP contribution in [0.5, 0.6) is 5.75 Å². The average Bonchev–Trinajstić information content (AvgIpc) is 1.66. The summed E-state index contributed by atoms with van der Waals surface area (Å²) in [6, 6.07) is 95.0. The number of esters is 1. The number of hydrogen-bond donors (Lipinski definition) is 1. The quantitative estimate of drug-likeness (QED) is 0.0485. The van der Waals surface area contributed by atoms with Crippen molar-refractivity contribution in [2.45, 2.75) is 66.8 Å². The number of carboxylic acid groups (broad SMARTS) is 1. The number of carbonyl (C=O) groups is 2. The van der Waals surface area contributed by atoms with Crippen molar-refractivity contribution in [1.29, 1.82) is 0 Å². The Kier molecular flexibility index (Phi) is 21.2. The van der Waals surface area contributed by atoms with E-state index in [1.54, 1.807) is 31.4 Å². The minimum atomic E-state index is -1.04. The summed E-state index contributed by atoms with van der Waals surface area (Å²) in [7, 11) is 1.68. The highest BCUT2D eigenvalue weighted by Crippen LogP contribution is 2.35. The SMILES string of the molecule is COc1ccc(Cn2nc(-c3ccc(C)cc3)c3ccccc32)cc1.Cc1ccc(-c2nn(-c3ccc([N+](=O)[O-])cc3)c3ccccc23)cc1.Cc1ccc(Cn2nc(-c3ccc(C)cc3)c3ccccc32)cc1.O=C(O)CCC(=O)OCc1ccc(-c2nn(Cc3ccccc3)c3ccccc23)o1. The number of carbonyl (C=O) groups excluding carboxylic acids is 1. The van der Waals surface area contributed by atoms with Crippen LogP contribution in [0.4, 0.5) is 5.69 Å². The Morgan fingerprint density at radius 3 is 1.26 bits per heavy atom. The maximum atomic E-state index is 11.6. The van der Waals surface area contributed by atoms with Gasteiger partial charge in [-0.1, -0.05) is 235 Å². The number of rotatable bonds is 18. The molecule has 0 aliphatic carbocycles. The van der Waals surface area contributed by atoms with Crippen molar-refractivity contribution in [3.05, 3.63) is 340 Å². The average molecular weight is 1370 g/mol. The van der Waals surface area contributed by atoms with Crippen LogP contribution >= 0.6 is 0 Å². The molecule has 0 atom stereocenters. The molecule has 17 heteroatoms. The topological polar surface area (TPSA) is 200 Å². The van der Waals surface area contributed by atoms with Gasteiger partial charge in [0, 0.05) is 50.4 Å². The van der Waals surface area contributed by atoms with Crippen molar-refractivity contribution in [3.8, 4) is 56.7 Å². The lowest BCUT2D eigenvalue weighted by Gasteiger charge is -2.05. The van der Waals surface area contributed by atoms with Crippen LogP contribution in [0.2, 0.25) is 0 Å². The number of aryl methyl sites for hydroxylation is 4. The van der Waals surface area contributed by atoms with Crippen LogP contribution in [0, 0.1) is 37.8 Å². The number of aromatic nitrogens is 8. The maximum Gasteiger partial charge on any atom is 0.306 e. The molecule has 5 heterocycles. The van der Waals surface area contributed by atoms with Gasteiger partial charge in [-0.25, -0.2) is 4.68 Å². The number of nitro benzene ring substituents is 1. The molecule has 0 spiro atoms. The van der Waals surface area contributed by atoms with E-state index in [1.165, 1.54) is 67.4 Å². The predicted octanol–water partition coefficient (Wildman–Crippen LogP) is 19.6. The van der Waals surface area contributed by atoms with Crippen molar-refractivity contribution in [1.82, 2.24) is 39.1 Å². The Hall–Kier alpha value is -13.3. The van der Waals surface area contributed by atoms with E-state index >= 15 is 0 Å². The Morgan fingerprint density at radius 1 is 0.423 bits per heavy atom. The first-order valence-electron chi connectivity index (χ1n) is 34.2. The Balaban J connectivity index is 0.000000124. The summed E-state index contributed by atoms with van der Waals surface area (Å²) in [6.45, 7) is 10.5. The Bertz CT molecular complexity index is 5620. The van der Waals surface area contributed by atoms with E-state index in [-0.39, 0.29) is 25.1 Å². The number of methoxy groups -OCH3 is 1. The van der Waals surface area contributed by atoms with Gasteiger partial charge < -0.3 is 19.0 Å². The van der Waals surface area contributed by atoms with Gasteiger partial charge >= 0.3 is 11.9 Å². The summed E-state index contributed by atoms with van der Waals surface area (Å²) in [4.78, 5) is 32.6. The van der Waals surface area contributed by atoms with Crippen LogP contribution in [0.3, 0.4) is 0 Å². The smallest absolute Gasteiger partial charge is 0.306 e. The fraction of sp³-hybridized carbons (Fsp3) is 0.126. The molecule has 104 heavy (non-hydrogen) atoms. The van der Waals surface area contributed by atoms with Crippen molar-refractivity contribution in [2.75, 3.05) is 7.11 Å². The molecule has 0 saturated heterocycles. The van der Waals surface area contributed by atoms with E-state index in [9.17, 15) is 19.7 Å². The summed E-state index contributed by atoms with van der Waals surface area (Å²) in [5.74, 6) is 0.303. The van der Waals surface area contributed by atoms with Crippen LogP contribution in [-0.4, -0.2) is 68.2 Å². The van der Waals surface area contributed by atoms with Crippen LogP contribution < -0.4 is 4.74 Å². The van der Waals surface area contributed by atoms with Crippen molar-refractivity contribution in [3.63, 3.8) is 0 Å². The summed E-state index contributed by atoms with van der Waals surface area (Å²) in [5.41, 5.74) is 20.8. The van der Waals surface area contributed by atoms with Crippen LogP contribution in [-0.2, 0) is 40.6 Å². The molecule has 1 N–H and O–H groups in total. The summed E-state index contributed by atoms with van der Waals surface area (Å²) in [5, 5.41) is 43.3. The van der Waals surface area contributed by atoms with E-state index in [0.29, 0.717) is 23.8 Å². The van der Waals surface area contributed by atoms with E-state index in [1.807, 2.05) is 88.2 Å². The van der Waals surface area contributed by atoms with Crippen LogP contribution in [0.1, 0.15) is 57.5 Å². The van der Waals surface area contributed by atoms with Crippen molar-refractivity contribution in [2.24, 2.45) is 0 Å². The molecular formula is C87H75N9O8. The lowest BCUT2D eigenvalue weighted by molar-refractivity contribution is -0.384. The Labute approximate surface area is 601 Å². The molecule has 16 rings (SSSR count). The van der Waals surface area contributed by atoms with E-state index in [2.05, 4.69) is 207 Å². The molecule has 11 aromatic carbocycles.